The number of hydrogen-bond acceptors (Lipinski definition) is 3. The highest BCUT2D eigenvalue weighted by molar-refractivity contribution is 5.85. The Kier molecular flexibility index (Phi) is 8.92. The van der Waals surface area contributed by atoms with Gasteiger partial charge in [-0.05, 0) is 43.9 Å². The standard InChI is InChI=1S/C19H35NO2.ClH/c1-13(2)11-12-16-9-6-10-17(20)19(21)22-14(3)18(16)15-7-4-5-8-15;/h13-18H,4-12,20H2,1-3H3;1H/t14-,16+,17-,18+;/m0./s1. The molecule has 1 aliphatic heterocycles. The molecule has 136 valence electrons. The topological polar surface area (TPSA) is 52.3 Å². The van der Waals surface area contributed by atoms with E-state index in [0.717, 1.165) is 24.7 Å². The van der Waals surface area contributed by atoms with Crippen molar-refractivity contribution < 1.29 is 9.53 Å². The Bertz CT molecular complexity index is 355. The molecule has 0 aromatic heterocycles. The van der Waals surface area contributed by atoms with Crippen molar-refractivity contribution >= 4 is 18.4 Å². The summed E-state index contributed by atoms with van der Waals surface area (Å²) in [5.74, 6) is 2.54. The van der Waals surface area contributed by atoms with E-state index in [1.165, 1.54) is 44.9 Å². The summed E-state index contributed by atoms with van der Waals surface area (Å²) in [6, 6.07) is -0.421. The van der Waals surface area contributed by atoms with Crippen LogP contribution in [0.5, 0.6) is 0 Å². The van der Waals surface area contributed by atoms with Gasteiger partial charge in [-0.3, -0.25) is 4.79 Å². The maximum atomic E-state index is 12.1. The SMILES string of the molecule is CC(C)CC[C@H]1CCC[C@H](N)C(=O)O[C@@H](C)[C@@H]1C1CCCC1.Cl. The van der Waals surface area contributed by atoms with Crippen LogP contribution in [0, 0.1) is 23.7 Å². The van der Waals surface area contributed by atoms with Crippen LogP contribution in [0.1, 0.15) is 78.6 Å². The van der Waals surface area contributed by atoms with Crippen molar-refractivity contribution in [3.8, 4) is 0 Å². The van der Waals surface area contributed by atoms with E-state index in [0.29, 0.717) is 11.8 Å². The van der Waals surface area contributed by atoms with E-state index in [2.05, 4.69) is 20.8 Å². The number of hydrogen-bond donors (Lipinski definition) is 1. The van der Waals surface area contributed by atoms with Crippen molar-refractivity contribution in [2.75, 3.05) is 0 Å². The third-order valence-corrected chi connectivity index (χ3v) is 5.84. The second-order valence-electron chi connectivity index (χ2n) is 8.03. The van der Waals surface area contributed by atoms with Gasteiger partial charge in [0.25, 0.3) is 0 Å². The van der Waals surface area contributed by atoms with Crippen molar-refractivity contribution in [1.82, 2.24) is 0 Å². The zero-order valence-corrected chi connectivity index (χ0v) is 15.9. The Balaban J connectivity index is 0.00000264. The third kappa shape index (κ3) is 5.94. The summed E-state index contributed by atoms with van der Waals surface area (Å²) in [5.41, 5.74) is 5.97. The molecule has 4 atom stereocenters. The minimum atomic E-state index is -0.421. The molecular formula is C19H36ClNO2. The van der Waals surface area contributed by atoms with Gasteiger partial charge >= 0.3 is 5.97 Å². The molecule has 2 rings (SSSR count). The van der Waals surface area contributed by atoms with Crippen molar-refractivity contribution in [2.45, 2.75) is 90.7 Å². The Labute approximate surface area is 148 Å². The van der Waals surface area contributed by atoms with Crippen LogP contribution < -0.4 is 5.73 Å². The van der Waals surface area contributed by atoms with Crippen molar-refractivity contribution in [3.63, 3.8) is 0 Å². The molecule has 2 aliphatic rings. The van der Waals surface area contributed by atoms with Crippen LogP contribution in [0.25, 0.3) is 0 Å². The summed E-state index contributed by atoms with van der Waals surface area (Å²) in [5, 5.41) is 0. The number of carbonyl (C=O) groups is 1. The van der Waals surface area contributed by atoms with Gasteiger partial charge in [-0.25, -0.2) is 0 Å². The van der Waals surface area contributed by atoms with Crippen LogP contribution in [0.2, 0.25) is 0 Å². The van der Waals surface area contributed by atoms with Gasteiger partial charge in [0, 0.05) is 5.92 Å². The second-order valence-corrected chi connectivity index (χ2v) is 8.03. The van der Waals surface area contributed by atoms with Gasteiger partial charge in [-0.2, -0.15) is 0 Å². The fourth-order valence-corrected chi connectivity index (χ4v) is 4.64. The lowest BCUT2D eigenvalue weighted by molar-refractivity contribution is -0.154. The van der Waals surface area contributed by atoms with Crippen LogP contribution >= 0.6 is 12.4 Å². The second kappa shape index (κ2) is 9.88. The Morgan fingerprint density at radius 1 is 1.13 bits per heavy atom. The Morgan fingerprint density at radius 3 is 2.39 bits per heavy atom. The van der Waals surface area contributed by atoms with Crippen LogP contribution in [0.4, 0.5) is 0 Å². The largest absolute Gasteiger partial charge is 0.461 e. The summed E-state index contributed by atoms with van der Waals surface area (Å²) in [7, 11) is 0. The number of esters is 1. The van der Waals surface area contributed by atoms with Gasteiger partial charge in [-0.1, -0.05) is 52.4 Å². The summed E-state index contributed by atoms with van der Waals surface area (Å²) < 4.78 is 5.78. The fraction of sp³-hybridized carbons (Fsp3) is 0.947. The molecular weight excluding hydrogens is 310 g/mol. The maximum absolute atomic E-state index is 12.1. The molecule has 4 heteroatoms. The monoisotopic (exact) mass is 345 g/mol. The zero-order chi connectivity index (χ0) is 16.1. The molecule has 1 aliphatic carbocycles. The first-order valence-electron chi connectivity index (χ1n) is 9.45. The van der Waals surface area contributed by atoms with Crippen LogP contribution in [-0.4, -0.2) is 18.1 Å². The minimum Gasteiger partial charge on any atom is -0.461 e. The number of cyclic esters (lactones) is 1. The molecule has 3 nitrogen and oxygen atoms in total. The molecule has 0 unspecified atom stereocenters. The Morgan fingerprint density at radius 2 is 1.78 bits per heavy atom. The normalized spacial score (nSPS) is 33.5. The predicted octanol–water partition coefficient (Wildman–Crippen LogP) is 4.71. The first kappa shape index (κ1) is 20.8. The molecule has 1 saturated carbocycles. The lowest BCUT2D eigenvalue weighted by Crippen LogP contribution is -2.38. The zero-order valence-electron chi connectivity index (χ0n) is 15.1. The van der Waals surface area contributed by atoms with Crippen LogP contribution in [0.15, 0.2) is 0 Å². The molecule has 1 saturated heterocycles. The van der Waals surface area contributed by atoms with Crippen molar-refractivity contribution in [1.29, 1.82) is 0 Å². The maximum Gasteiger partial charge on any atom is 0.323 e. The molecule has 0 aromatic rings. The minimum absolute atomic E-state index is 0. The average Bonchev–Trinajstić information content (AvgIpc) is 2.97. The van der Waals surface area contributed by atoms with Crippen LogP contribution in [-0.2, 0) is 9.53 Å². The quantitative estimate of drug-likeness (QED) is 0.750. The average molecular weight is 346 g/mol. The first-order chi connectivity index (χ1) is 10.5. The van der Waals surface area contributed by atoms with Crippen molar-refractivity contribution in [3.05, 3.63) is 0 Å². The van der Waals surface area contributed by atoms with Gasteiger partial charge in [0.15, 0.2) is 0 Å². The van der Waals surface area contributed by atoms with Gasteiger partial charge in [-0.15, -0.1) is 12.4 Å². The van der Waals surface area contributed by atoms with Gasteiger partial charge in [0.2, 0.25) is 0 Å². The Hall–Kier alpha value is -0.280. The smallest absolute Gasteiger partial charge is 0.323 e. The molecule has 2 fully saturated rings. The van der Waals surface area contributed by atoms with Crippen molar-refractivity contribution in [2.24, 2.45) is 29.4 Å². The molecule has 0 aromatic carbocycles. The molecule has 23 heavy (non-hydrogen) atoms. The fourth-order valence-electron chi connectivity index (χ4n) is 4.64. The highest BCUT2D eigenvalue weighted by Gasteiger charge is 2.38. The van der Waals surface area contributed by atoms with Crippen LogP contribution in [0.3, 0.4) is 0 Å². The van der Waals surface area contributed by atoms with Gasteiger partial charge < -0.3 is 10.5 Å². The van der Waals surface area contributed by atoms with E-state index < -0.39 is 6.04 Å². The van der Waals surface area contributed by atoms with E-state index in [9.17, 15) is 4.79 Å². The summed E-state index contributed by atoms with van der Waals surface area (Å²) in [6.45, 7) is 6.72. The number of nitrogens with two attached hydrogens (primary N) is 1. The summed E-state index contributed by atoms with van der Waals surface area (Å²) >= 11 is 0. The van der Waals surface area contributed by atoms with Gasteiger partial charge in [0.1, 0.15) is 12.1 Å². The summed E-state index contributed by atoms with van der Waals surface area (Å²) in [6.07, 6.45) is 11.0. The molecule has 1 heterocycles. The number of carbonyl (C=O) groups excluding carboxylic acids is 1. The summed E-state index contributed by atoms with van der Waals surface area (Å²) in [4.78, 5) is 12.1. The lowest BCUT2D eigenvalue weighted by Gasteiger charge is -2.36. The lowest BCUT2D eigenvalue weighted by atomic mass is 9.73. The third-order valence-electron chi connectivity index (χ3n) is 5.84. The number of ether oxygens (including phenoxy) is 1. The highest BCUT2D eigenvalue weighted by Crippen LogP contribution is 2.42. The molecule has 0 amide bonds. The predicted molar refractivity (Wildman–Crippen MR) is 97.6 cm³/mol. The molecule has 0 bridgehead atoms. The highest BCUT2D eigenvalue weighted by atomic mass is 35.5. The molecule has 2 N–H and O–H groups in total. The van der Waals surface area contributed by atoms with Gasteiger partial charge in [0.05, 0.1) is 0 Å². The van der Waals surface area contributed by atoms with E-state index >= 15 is 0 Å². The van der Waals surface area contributed by atoms with E-state index in [1.807, 2.05) is 0 Å². The first-order valence-corrected chi connectivity index (χ1v) is 9.45. The molecule has 0 radical (unpaired) electrons. The van der Waals surface area contributed by atoms with E-state index in [1.54, 1.807) is 0 Å². The number of halogens is 1. The number of rotatable bonds is 4. The van der Waals surface area contributed by atoms with E-state index in [-0.39, 0.29) is 24.5 Å². The molecule has 0 spiro atoms. The van der Waals surface area contributed by atoms with E-state index in [4.69, 9.17) is 10.5 Å².